The van der Waals surface area contributed by atoms with E-state index in [0.717, 1.165) is 0 Å². The van der Waals surface area contributed by atoms with Crippen molar-refractivity contribution in [3.63, 3.8) is 0 Å². The van der Waals surface area contributed by atoms with Crippen LogP contribution in [0.2, 0.25) is 0 Å². The van der Waals surface area contributed by atoms with Crippen LogP contribution in [0.3, 0.4) is 0 Å². The molecule has 2 aromatic carbocycles. The van der Waals surface area contributed by atoms with E-state index >= 15 is 0 Å². The number of amides is 2. The number of nitrogens with one attached hydrogen (secondary N) is 2. The Hall–Kier alpha value is -2.89. The zero-order valence-electron chi connectivity index (χ0n) is 12.6. The third-order valence-corrected chi connectivity index (χ3v) is 3.00. The van der Waals surface area contributed by atoms with Gasteiger partial charge in [-0.1, -0.05) is 18.2 Å². The minimum absolute atomic E-state index is 0.182. The highest BCUT2D eigenvalue weighted by Crippen LogP contribution is 2.09. The minimum Gasteiger partial charge on any atom is -0.484 e. The number of hydrogen-bond donors (Lipinski definition) is 2. The predicted octanol–water partition coefficient (Wildman–Crippen LogP) is 2.35. The maximum Gasteiger partial charge on any atom is 0.258 e. The van der Waals surface area contributed by atoms with Gasteiger partial charge in [-0.15, -0.1) is 0 Å². The number of carbonyl (C=O) groups is 2. The fraction of sp³-hybridized carbons (Fsp3) is 0.176. The molecule has 2 rings (SSSR count). The molecule has 1 atom stereocenters. The number of halogens is 1. The highest BCUT2D eigenvalue weighted by Gasteiger charge is 2.16. The Morgan fingerprint density at radius 2 is 1.74 bits per heavy atom. The van der Waals surface area contributed by atoms with Gasteiger partial charge < -0.3 is 15.4 Å². The van der Waals surface area contributed by atoms with Gasteiger partial charge in [0.1, 0.15) is 17.6 Å². The molecule has 0 aliphatic rings. The zero-order chi connectivity index (χ0) is 16.7. The number of hydrogen-bond acceptors (Lipinski definition) is 3. The second kappa shape index (κ2) is 7.93. The maximum atomic E-state index is 12.8. The number of anilines is 1. The van der Waals surface area contributed by atoms with Gasteiger partial charge in [-0.25, -0.2) is 4.39 Å². The van der Waals surface area contributed by atoms with Gasteiger partial charge in [0.05, 0.1) is 0 Å². The Labute approximate surface area is 133 Å². The molecule has 2 amide bonds. The largest absolute Gasteiger partial charge is 0.484 e. The molecule has 6 heteroatoms. The van der Waals surface area contributed by atoms with Gasteiger partial charge in [-0.3, -0.25) is 9.59 Å². The van der Waals surface area contributed by atoms with Gasteiger partial charge in [0.25, 0.3) is 5.91 Å². The summed E-state index contributed by atoms with van der Waals surface area (Å²) in [5, 5.41) is 5.12. The molecular weight excluding hydrogens is 299 g/mol. The third kappa shape index (κ3) is 5.43. The number of rotatable bonds is 6. The van der Waals surface area contributed by atoms with E-state index < -0.39 is 17.9 Å². The first-order valence-corrected chi connectivity index (χ1v) is 7.08. The van der Waals surface area contributed by atoms with Gasteiger partial charge in [-0.2, -0.15) is 0 Å². The van der Waals surface area contributed by atoms with Gasteiger partial charge in [0.2, 0.25) is 5.91 Å². The fourth-order valence-electron chi connectivity index (χ4n) is 1.80. The van der Waals surface area contributed by atoms with Crippen molar-refractivity contribution >= 4 is 17.5 Å². The monoisotopic (exact) mass is 316 g/mol. The van der Waals surface area contributed by atoms with Crippen LogP contribution < -0.4 is 15.4 Å². The molecule has 2 aromatic rings. The summed E-state index contributed by atoms with van der Waals surface area (Å²) in [5.74, 6) is -0.617. The summed E-state index contributed by atoms with van der Waals surface area (Å²) in [7, 11) is 0. The summed E-state index contributed by atoms with van der Waals surface area (Å²) in [6, 6.07) is 13.5. The lowest BCUT2D eigenvalue weighted by molar-refractivity contribution is -0.127. The molecule has 0 heterocycles. The Bertz CT molecular complexity index is 659. The first-order chi connectivity index (χ1) is 11.0. The van der Waals surface area contributed by atoms with Crippen LogP contribution in [0.1, 0.15) is 6.92 Å². The van der Waals surface area contributed by atoms with Crippen molar-refractivity contribution in [3.8, 4) is 5.75 Å². The van der Waals surface area contributed by atoms with E-state index in [0.29, 0.717) is 11.4 Å². The Morgan fingerprint density at radius 1 is 1.09 bits per heavy atom. The second-order valence-corrected chi connectivity index (χ2v) is 4.89. The van der Waals surface area contributed by atoms with Crippen LogP contribution in [0.4, 0.5) is 10.1 Å². The Morgan fingerprint density at radius 3 is 2.39 bits per heavy atom. The first kappa shape index (κ1) is 16.5. The molecule has 120 valence electrons. The average Bonchev–Trinajstić information content (AvgIpc) is 2.56. The quantitative estimate of drug-likeness (QED) is 0.859. The zero-order valence-corrected chi connectivity index (χ0v) is 12.6. The maximum absolute atomic E-state index is 12.8. The molecule has 0 bridgehead atoms. The number of carbonyl (C=O) groups excluding carboxylic acids is 2. The van der Waals surface area contributed by atoms with Crippen LogP contribution in [0.15, 0.2) is 54.6 Å². The van der Waals surface area contributed by atoms with Gasteiger partial charge in [0.15, 0.2) is 6.61 Å². The van der Waals surface area contributed by atoms with Gasteiger partial charge >= 0.3 is 0 Å². The fourth-order valence-corrected chi connectivity index (χ4v) is 1.80. The molecule has 0 aliphatic carbocycles. The average molecular weight is 316 g/mol. The van der Waals surface area contributed by atoms with Crippen molar-refractivity contribution in [2.45, 2.75) is 13.0 Å². The molecule has 23 heavy (non-hydrogen) atoms. The van der Waals surface area contributed by atoms with Crippen LogP contribution in [0, 0.1) is 5.82 Å². The molecule has 0 spiro atoms. The lowest BCUT2D eigenvalue weighted by Crippen LogP contribution is -2.43. The third-order valence-electron chi connectivity index (χ3n) is 3.00. The van der Waals surface area contributed by atoms with E-state index in [4.69, 9.17) is 4.74 Å². The number of para-hydroxylation sites is 1. The van der Waals surface area contributed by atoms with Crippen LogP contribution in [-0.4, -0.2) is 24.5 Å². The second-order valence-electron chi connectivity index (χ2n) is 4.89. The molecule has 2 N–H and O–H groups in total. The van der Waals surface area contributed by atoms with E-state index in [2.05, 4.69) is 10.6 Å². The summed E-state index contributed by atoms with van der Waals surface area (Å²) in [6.07, 6.45) is 0. The van der Waals surface area contributed by atoms with Crippen molar-refractivity contribution in [1.29, 1.82) is 0 Å². The molecule has 0 radical (unpaired) electrons. The molecule has 5 nitrogen and oxygen atoms in total. The highest BCUT2D eigenvalue weighted by atomic mass is 19.1. The van der Waals surface area contributed by atoms with Crippen LogP contribution in [0.25, 0.3) is 0 Å². The van der Waals surface area contributed by atoms with E-state index in [1.54, 1.807) is 31.2 Å². The highest BCUT2D eigenvalue weighted by molar-refractivity contribution is 5.97. The van der Waals surface area contributed by atoms with Gasteiger partial charge in [0, 0.05) is 5.69 Å². The number of benzene rings is 2. The Balaban J connectivity index is 1.78. The molecule has 0 saturated heterocycles. The van der Waals surface area contributed by atoms with Crippen LogP contribution in [-0.2, 0) is 9.59 Å². The minimum atomic E-state index is -0.744. The topological polar surface area (TPSA) is 67.4 Å². The molecule has 0 saturated carbocycles. The smallest absolute Gasteiger partial charge is 0.258 e. The van der Waals surface area contributed by atoms with E-state index in [-0.39, 0.29) is 12.4 Å². The molecule has 0 aliphatic heterocycles. The molecular formula is C17H17FN2O3. The SMILES string of the molecule is C[C@H](NC(=O)COc1ccccc1)C(=O)Nc1ccc(F)cc1. The summed E-state index contributed by atoms with van der Waals surface area (Å²) in [5.41, 5.74) is 0.457. The molecule has 0 fully saturated rings. The van der Waals surface area contributed by atoms with E-state index in [1.807, 2.05) is 6.07 Å². The Kier molecular flexibility index (Phi) is 5.68. The van der Waals surface area contributed by atoms with Crippen molar-refractivity contribution in [2.75, 3.05) is 11.9 Å². The van der Waals surface area contributed by atoms with Crippen molar-refractivity contribution in [3.05, 3.63) is 60.4 Å². The predicted molar refractivity (Wildman–Crippen MR) is 84.6 cm³/mol. The first-order valence-electron chi connectivity index (χ1n) is 7.08. The molecule has 0 aromatic heterocycles. The summed E-state index contributed by atoms with van der Waals surface area (Å²) in [4.78, 5) is 23.7. The lowest BCUT2D eigenvalue weighted by atomic mass is 10.2. The summed E-state index contributed by atoms with van der Waals surface area (Å²) in [6.45, 7) is 1.37. The van der Waals surface area contributed by atoms with E-state index in [9.17, 15) is 14.0 Å². The van der Waals surface area contributed by atoms with Crippen LogP contribution in [0.5, 0.6) is 5.75 Å². The standard InChI is InChI=1S/C17H17FN2O3/c1-12(17(22)20-14-9-7-13(18)8-10-14)19-16(21)11-23-15-5-3-2-4-6-15/h2-10,12H,11H2,1H3,(H,19,21)(H,20,22)/t12-/m0/s1. The van der Waals surface area contributed by atoms with Gasteiger partial charge in [-0.05, 0) is 43.3 Å². The number of ether oxygens (including phenoxy) is 1. The normalized spacial score (nSPS) is 11.4. The lowest BCUT2D eigenvalue weighted by Gasteiger charge is -2.14. The molecule has 0 unspecified atom stereocenters. The van der Waals surface area contributed by atoms with Crippen LogP contribution >= 0.6 is 0 Å². The van der Waals surface area contributed by atoms with Crippen molar-refractivity contribution in [1.82, 2.24) is 5.32 Å². The van der Waals surface area contributed by atoms with E-state index in [1.165, 1.54) is 24.3 Å². The van der Waals surface area contributed by atoms with Crippen molar-refractivity contribution < 1.29 is 18.7 Å². The summed E-state index contributed by atoms with van der Waals surface area (Å²) >= 11 is 0. The summed E-state index contributed by atoms with van der Waals surface area (Å²) < 4.78 is 18.1. The van der Waals surface area contributed by atoms with Crippen molar-refractivity contribution in [2.24, 2.45) is 0 Å².